The van der Waals surface area contributed by atoms with Crippen molar-refractivity contribution in [3.05, 3.63) is 24.3 Å². The molecule has 2 N–H and O–H groups in total. The second kappa shape index (κ2) is 11.1. The Balaban J connectivity index is 1.88. The standard InChI is InChI=1S/C19H29F3N4O2/c1-3-23-18(25-16-8-9-26(13-16)14-19(20,21)22)24-15-6-4-7-17(12-15)28-11-5-10-27-2/h4,6-7,12,16H,3,5,8-11,13-14H2,1-2H3,(H2,23,24,25). The third kappa shape index (κ3) is 8.35. The van der Waals surface area contributed by atoms with Crippen molar-refractivity contribution in [2.24, 2.45) is 4.99 Å². The van der Waals surface area contributed by atoms with Crippen molar-refractivity contribution in [3.63, 3.8) is 0 Å². The number of hydrogen-bond acceptors (Lipinski definition) is 4. The fourth-order valence-electron chi connectivity index (χ4n) is 3.01. The Bertz CT molecular complexity index is 625. The molecule has 1 aliphatic rings. The molecule has 0 amide bonds. The molecule has 1 unspecified atom stereocenters. The number of halogens is 3. The van der Waals surface area contributed by atoms with Crippen LogP contribution in [0.2, 0.25) is 0 Å². The summed E-state index contributed by atoms with van der Waals surface area (Å²) in [5.41, 5.74) is 0.800. The molecular formula is C19H29F3N4O2. The van der Waals surface area contributed by atoms with Crippen LogP contribution in [0, 0.1) is 0 Å². The molecule has 1 fully saturated rings. The lowest BCUT2D eigenvalue weighted by molar-refractivity contribution is -0.143. The van der Waals surface area contributed by atoms with E-state index in [1.165, 1.54) is 4.90 Å². The summed E-state index contributed by atoms with van der Waals surface area (Å²) < 4.78 is 48.4. The van der Waals surface area contributed by atoms with Crippen LogP contribution in [-0.2, 0) is 4.74 Å². The molecule has 1 aliphatic heterocycles. The number of nitrogens with zero attached hydrogens (tertiary/aromatic N) is 2. The van der Waals surface area contributed by atoms with Crippen molar-refractivity contribution in [2.75, 3.05) is 51.8 Å². The Kier molecular flexibility index (Phi) is 8.85. The van der Waals surface area contributed by atoms with Crippen LogP contribution in [0.5, 0.6) is 5.75 Å². The van der Waals surface area contributed by atoms with Crippen LogP contribution < -0.4 is 15.4 Å². The number of likely N-dealkylation sites (tertiary alicyclic amines) is 1. The summed E-state index contributed by atoms with van der Waals surface area (Å²) in [6.45, 7) is 3.55. The number of guanidine groups is 1. The highest BCUT2D eigenvalue weighted by Crippen LogP contribution is 2.20. The Labute approximate surface area is 164 Å². The molecule has 1 aromatic carbocycles. The molecule has 0 bridgehead atoms. The second-order valence-electron chi connectivity index (χ2n) is 6.65. The zero-order valence-corrected chi connectivity index (χ0v) is 16.4. The van der Waals surface area contributed by atoms with Crippen LogP contribution in [0.1, 0.15) is 19.8 Å². The number of hydrogen-bond donors (Lipinski definition) is 2. The van der Waals surface area contributed by atoms with Crippen LogP contribution >= 0.6 is 0 Å². The molecule has 1 heterocycles. The van der Waals surface area contributed by atoms with Gasteiger partial charge in [-0.1, -0.05) is 6.07 Å². The molecule has 0 aromatic heterocycles. The molecule has 0 radical (unpaired) electrons. The van der Waals surface area contributed by atoms with Gasteiger partial charge in [0.25, 0.3) is 0 Å². The van der Waals surface area contributed by atoms with Crippen molar-refractivity contribution in [3.8, 4) is 5.75 Å². The maximum absolute atomic E-state index is 12.6. The van der Waals surface area contributed by atoms with E-state index < -0.39 is 12.7 Å². The quantitative estimate of drug-likeness (QED) is 0.378. The lowest BCUT2D eigenvalue weighted by atomic mass is 10.2. The average molecular weight is 402 g/mol. The van der Waals surface area contributed by atoms with Crippen LogP contribution in [-0.4, -0.2) is 69.6 Å². The highest BCUT2D eigenvalue weighted by Gasteiger charge is 2.34. The Hall–Kier alpha value is -2.00. The van der Waals surface area contributed by atoms with Gasteiger partial charge in [-0.15, -0.1) is 0 Å². The van der Waals surface area contributed by atoms with Crippen LogP contribution in [0.15, 0.2) is 29.3 Å². The number of nitrogens with one attached hydrogen (secondary N) is 2. The number of methoxy groups -OCH3 is 1. The van der Waals surface area contributed by atoms with Crippen LogP contribution in [0.25, 0.3) is 0 Å². The SMILES string of the molecule is CCN=C(Nc1cccc(OCCCOC)c1)NC1CCN(CC(F)(F)F)C1. The molecule has 1 atom stereocenters. The van der Waals surface area contributed by atoms with Gasteiger partial charge in [-0.3, -0.25) is 9.89 Å². The molecule has 1 aromatic rings. The first-order valence-electron chi connectivity index (χ1n) is 9.48. The van der Waals surface area contributed by atoms with Gasteiger partial charge in [-0.2, -0.15) is 13.2 Å². The molecule has 2 rings (SSSR count). The number of ether oxygens (including phenoxy) is 2. The van der Waals surface area contributed by atoms with E-state index in [2.05, 4.69) is 15.6 Å². The van der Waals surface area contributed by atoms with E-state index in [0.29, 0.717) is 45.2 Å². The number of anilines is 1. The summed E-state index contributed by atoms with van der Waals surface area (Å²) >= 11 is 0. The van der Waals surface area contributed by atoms with E-state index in [9.17, 15) is 13.2 Å². The zero-order valence-electron chi connectivity index (χ0n) is 16.4. The second-order valence-corrected chi connectivity index (χ2v) is 6.65. The molecule has 1 saturated heterocycles. The predicted molar refractivity (Wildman–Crippen MR) is 104 cm³/mol. The van der Waals surface area contributed by atoms with Gasteiger partial charge >= 0.3 is 6.18 Å². The van der Waals surface area contributed by atoms with Gasteiger partial charge in [-0.05, 0) is 25.5 Å². The number of aliphatic imine (C=N–C) groups is 1. The summed E-state index contributed by atoms with van der Waals surface area (Å²) in [5, 5.41) is 6.44. The third-order valence-corrected chi connectivity index (χ3v) is 4.19. The molecule has 0 saturated carbocycles. The zero-order chi connectivity index (χ0) is 20.4. The van der Waals surface area contributed by atoms with E-state index >= 15 is 0 Å². The highest BCUT2D eigenvalue weighted by atomic mass is 19.4. The van der Waals surface area contributed by atoms with Gasteiger partial charge in [-0.25, -0.2) is 0 Å². The van der Waals surface area contributed by atoms with E-state index in [-0.39, 0.29) is 6.04 Å². The Morgan fingerprint density at radius 3 is 2.86 bits per heavy atom. The first kappa shape index (κ1) is 22.3. The lowest BCUT2D eigenvalue weighted by Gasteiger charge is -2.20. The number of benzene rings is 1. The maximum Gasteiger partial charge on any atom is 0.401 e. The molecule has 9 heteroatoms. The summed E-state index contributed by atoms with van der Waals surface area (Å²) in [5.74, 6) is 1.28. The average Bonchev–Trinajstić information content (AvgIpc) is 3.04. The van der Waals surface area contributed by atoms with Crippen molar-refractivity contribution in [2.45, 2.75) is 32.0 Å². The van der Waals surface area contributed by atoms with Crippen molar-refractivity contribution < 1.29 is 22.6 Å². The van der Waals surface area contributed by atoms with E-state index in [0.717, 1.165) is 17.9 Å². The fraction of sp³-hybridized carbons (Fsp3) is 0.632. The van der Waals surface area contributed by atoms with Gasteiger partial charge in [0.05, 0.1) is 13.2 Å². The molecule has 28 heavy (non-hydrogen) atoms. The molecular weight excluding hydrogens is 373 g/mol. The van der Waals surface area contributed by atoms with E-state index in [1.807, 2.05) is 31.2 Å². The van der Waals surface area contributed by atoms with Crippen LogP contribution in [0.4, 0.5) is 18.9 Å². The van der Waals surface area contributed by atoms with Crippen LogP contribution in [0.3, 0.4) is 0 Å². The van der Waals surface area contributed by atoms with Gasteiger partial charge in [0.15, 0.2) is 5.96 Å². The summed E-state index contributed by atoms with van der Waals surface area (Å²) in [6, 6.07) is 7.42. The van der Waals surface area contributed by atoms with E-state index in [4.69, 9.17) is 9.47 Å². The first-order chi connectivity index (χ1) is 13.4. The third-order valence-electron chi connectivity index (χ3n) is 4.19. The highest BCUT2D eigenvalue weighted by molar-refractivity contribution is 5.94. The molecule has 0 spiro atoms. The minimum absolute atomic E-state index is 0.0753. The fourth-order valence-corrected chi connectivity index (χ4v) is 3.01. The molecule has 158 valence electrons. The van der Waals surface area contributed by atoms with Gasteiger partial charge in [0.2, 0.25) is 0 Å². The van der Waals surface area contributed by atoms with Crippen molar-refractivity contribution in [1.82, 2.24) is 10.2 Å². The predicted octanol–water partition coefficient (Wildman–Crippen LogP) is 3.12. The monoisotopic (exact) mass is 402 g/mol. The van der Waals surface area contributed by atoms with Gasteiger partial charge in [0.1, 0.15) is 5.75 Å². The summed E-state index contributed by atoms with van der Waals surface area (Å²) in [6.07, 6.45) is -2.73. The molecule has 6 nitrogen and oxygen atoms in total. The van der Waals surface area contributed by atoms with Gasteiger partial charge < -0.3 is 20.1 Å². The maximum atomic E-state index is 12.6. The lowest BCUT2D eigenvalue weighted by Crippen LogP contribution is -2.42. The smallest absolute Gasteiger partial charge is 0.401 e. The Morgan fingerprint density at radius 1 is 1.32 bits per heavy atom. The minimum Gasteiger partial charge on any atom is -0.493 e. The van der Waals surface area contributed by atoms with Gasteiger partial charge in [0, 0.05) is 57.6 Å². The normalized spacial score (nSPS) is 18.3. The van der Waals surface area contributed by atoms with E-state index in [1.54, 1.807) is 7.11 Å². The number of alkyl halides is 3. The van der Waals surface area contributed by atoms with Crippen molar-refractivity contribution >= 4 is 11.6 Å². The number of rotatable bonds is 9. The minimum atomic E-state index is -4.17. The summed E-state index contributed by atoms with van der Waals surface area (Å²) in [7, 11) is 1.65. The summed E-state index contributed by atoms with van der Waals surface area (Å²) in [4.78, 5) is 5.81. The topological polar surface area (TPSA) is 58.1 Å². The first-order valence-corrected chi connectivity index (χ1v) is 9.48. The van der Waals surface area contributed by atoms with Crippen molar-refractivity contribution in [1.29, 1.82) is 0 Å². The largest absolute Gasteiger partial charge is 0.493 e. The Morgan fingerprint density at radius 2 is 2.14 bits per heavy atom. The molecule has 0 aliphatic carbocycles.